The predicted molar refractivity (Wildman–Crippen MR) is 56.5 cm³/mol. The van der Waals surface area contributed by atoms with Gasteiger partial charge in [0.15, 0.2) is 0 Å². The number of pyridine rings is 1. The summed E-state index contributed by atoms with van der Waals surface area (Å²) in [6.45, 7) is 2.59. The topological polar surface area (TPSA) is 53.2 Å². The summed E-state index contributed by atoms with van der Waals surface area (Å²) in [5, 5.41) is 0. The Balaban J connectivity index is 2.32. The standard InChI is InChI=1S/C11H14N2O2/c1-8-5-9(6-12-11(8)15)10-3-2-4-13(10)7-14/h5-7,10H,2-4H2,1H3,(H,12,15)/t10-/m0/s1. The lowest BCUT2D eigenvalue weighted by Gasteiger charge is -2.20. The van der Waals surface area contributed by atoms with Crippen molar-refractivity contribution in [1.82, 2.24) is 9.88 Å². The third-order valence-corrected chi connectivity index (χ3v) is 2.93. The second-order valence-electron chi connectivity index (χ2n) is 3.95. The Morgan fingerprint density at radius 2 is 2.40 bits per heavy atom. The van der Waals surface area contributed by atoms with E-state index in [-0.39, 0.29) is 11.6 Å². The van der Waals surface area contributed by atoms with Crippen molar-refractivity contribution < 1.29 is 4.79 Å². The van der Waals surface area contributed by atoms with Crippen molar-refractivity contribution in [1.29, 1.82) is 0 Å². The highest BCUT2D eigenvalue weighted by atomic mass is 16.1. The number of aromatic nitrogens is 1. The van der Waals surface area contributed by atoms with Crippen molar-refractivity contribution in [3.05, 3.63) is 33.7 Å². The van der Waals surface area contributed by atoms with Gasteiger partial charge in [-0.3, -0.25) is 9.59 Å². The minimum Gasteiger partial charge on any atom is -0.338 e. The van der Waals surface area contributed by atoms with E-state index >= 15 is 0 Å². The highest BCUT2D eigenvalue weighted by Gasteiger charge is 2.24. The molecule has 1 aliphatic heterocycles. The van der Waals surface area contributed by atoms with Crippen LogP contribution in [0.5, 0.6) is 0 Å². The molecule has 0 spiro atoms. The van der Waals surface area contributed by atoms with Crippen molar-refractivity contribution in [2.45, 2.75) is 25.8 Å². The quantitative estimate of drug-likeness (QED) is 0.733. The molecule has 0 saturated carbocycles. The Kier molecular flexibility index (Phi) is 2.58. The van der Waals surface area contributed by atoms with Crippen LogP contribution in [0.3, 0.4) is 0 Å². The number of hydrogen-bond donors (Lipinski definition) is 1. The SMILES string of the molecule is Cc1cc([C@@H]2CCCN2C=O)c[nH]c1=O. The van der Waals surface area contributed by atoms with E-state index in [4.69, 9.17) is 0 Å². The highest BCUT2D eigenvalue weighted by molar-refractivity contribution is 5.49. The molecule has 1 amide bonds. The minimum absolute atomic E-state index is 0.0607. The maximum Gasteiger partial charge on any atom is 0.250 e. The zero-order valence-electron chi connectivity index (χ0n) is 8.69. The average molecular weight is 206 g/mol. The smallest absolute Gasteiger partial charge is 0.250 e. The molecule has 1 aromatic rings. The van der Waals surface area contributed by atoms with Crippen LogP contribution in [-0.4, -0.2) is 22.8 Å². The molecule has 1 fully saturated rings. The maximum absolute atomic E-state index is 11.2. The van der Waals surface area contributed by atoms with E-state index in [1.807, 2.05) is 6.07 Å². The van der Waals surface area contributed by atoms with E-state index in [2.05, 4.69) is 4.98 Å². The molecule has 4 nitrogen and oxygen atoms in total. The van der Waals surface area contributed by atoms with Crippen LogP contribution < -0.4 is 5.56 Å². The number of likely N-dealkylation sites (tertiary alicyclic amines) is 1. The second-order valence-corrected chi connectivity index (χ2v) is 3.95. The highest BCUT2D eigenvalue weighted by Crippen LogP contribution is 2.29. The van der Waals surface area contributed by atoms with Crippen LogP contribution in [-0.2, 0) is 4.79 Å². The Labute approximate surface area is 87.9 Å². The van der Waals surface area contributed by atoms with Gasteiger partial charge in [0, 0.05) is 18.3 Å². The van der Waals surface area contributed by atoms with Crippen molar-refractivity contribution in [2.24, 2.45) is 0 Å². The number of carbonyl (C=O) groups is 1. The normalized spacial score (nSPS) is 20.6. The average Bonchev–Trinajstić information content (AvgIpc) is 2.70. The van der Waals surface area contributed by atoms with Crippen molar-refractivity contribution >= 4 is 6.41 Å². The van der Waals surface area contributed by atoms with Gasteiger partial charge in [-0.05, 0) is 31.4 Å². The summed E-state index contributed by atoms with van der Waals surface area (Å²) in [5.74, 6) is 0. The molecule has 1 aliphatic rings. The van der Waals surface area contributed by atoms with Crippen LogP contribution in [0, 0.1) is 6.92 Å². The summed E-state index contributed by atoms with van der Waals surface area (Å²) in [6.07, 6.45) is 4.60. The minimum atomic E-state index is -0.0607. The zero-order chi connectivity index (χ0) is 10.8. The summed E-state index contributed by atoms with van der Waals surface area (Å²) in [7, 11) is 0. The molecule has 2 heterocycles. The van der Waals surface area contributed by atoms with Gasteiger partial charge in [-0.25, -0.2) is 0 Å². The fourth-order valence-electron chi connectivity index (χ4n) is 2.09. The van der Waals surface area contributed by atoms with E-state index in [9.17, 15) is 9.59 Å². The fraction of sp³-hybridized carbons (Fsp3) is 0.455. The number of hydrogen-bond acceptors (Lipinski definition) is 2. The van der Waals surface area contributed by atoms with Crippen molar-refractivity contribution in [3.8, 4) is 0 Å². The first-order valence-corrected chi connectivity index (χ1v) is 5.12. The Bertz CT molecular complexity index is 425. The van der Waals surface area contributed by atoms with Gasteiger partial charge in [-0.1, -0.05) is 0 Å². The van der Waals surface area contributed by atoms with Crippen LogP contribution in [0.4, 0.5) is 0 Å². The van der Waals surface area contributed by atoms with Gasteiger partial charge >= 0.3 is 0 Å². The van der Waals surface area contributed by atoms with Gasteiger partial charge < -0.3 is 9.88 Å². The summed E-state index contributed by atoms with van der Waals surface area (Å²) < 4.78 is 0. The number of nitrogens with zero attached hydrogens (tertiary/aromatic N) is 1. The van der Waals surface area contributed by atoms with Gasteiger partial charge in [0.2, 0.25) is 6.41 Å². The predicted octanol–water partition coefficient (Wildman–Crippen LogP) is 0.977. The molecular formula is C11H14N2O2. The van der Waals surface area contributed by atoms with E-state index < -0.39 is 0 Å². The molecule has 0 unspecified atom stereocenters. The maximum atomic E-state index is 11.2. The number of aryl methyl sites for hydroxylation is 1. The molecular weight excluding hydrogens is 192 g/mol. The summed E-state index contributed by atoms with van der Waals surface area (Å²) >= 11 is 0. The van der Waals surface area contributed by atoms with Gasteiger partial charge in [-0.15, -0.1) is 0 Å². The summed E-state index contributed by atoms with van der Waals surface area (Å²) in [5.41, 5.74) is 1.66. The van der Waals surface area contributed by atoms with Gasteiger partial charge in [-0.2, -0.15) is 0 Å². The van der Waals surface area contributed by atoms with Gasteiger partial charge in [0.1, 0.15) is 0 Å². The van der Waals surface area contributed by atoms with Crippen LogP contribution in [0.15, 0.2) is 17.1 Å². The molecule has 15 heavy (non-hydrogen) atoms. The molecule has 0 aliphatic carbocycles. The van der Waals surface area contributed by atoms with Gasteiger partial charge in [0.05, 0.1) is 6.04 Å². The number of carbonyl (C=O) groups excluding carboxylic acids is 1. The lowest BCUT2D eigenvalue weighted by molar-refractivity contribution is -0.118. The number of aromatic amines is 1. The first-order chi connectivity index (χ1) is 7.22. The van der Waals surface area contributed by atoms with Crippen LogP contribution >= 0.6 is 0 Å². The first-order valence-electron chi connectivity index (χ1n) is 5.12. The molecule has 0 radical (unpaired) electrons. The molecule has 2 rings (SSSR count). The molecule has 1 saturated heterocycles. The number of nitrogens with one attached hydrogen (secondary N) is 1. The molecule has 0 bridgehead atoms. The van der Waals surface area contributed by atoms with Crippen LogP contribution in [0.2, 0.25) is 0 Å². The van der Waals surface area contributed by atoms with Gasteiger partial charge in [0.25, 0.3) is 5.56 Å². The molecule has 4 heteroatoms. The number of amides is 1. The molecule has 1 N–H and O–H groups in total. The molecule has 80 valence electrons. The first kappa shape index (κ1) is 9.96. The summed E-state index contributed by atoms with van der Waals surface area (Å²) in [4.78, 5) is 26.5. The van der Waals surface area contributed by atoms with Crippen LogP contribution in [0.1, 0.15) is 30.0 Å². The Morgan fingerprint density at radius 3 is 3.07 bits per heavy atom. The Hall–Kier alpha value is -1.58. The molecule has 0 aromatic carbocycles. The van der Waals surface area contributed by atoms with E-state index in [1.165, 1.54) is 0 Å². The zero-order valence-corrected chi connectivity index (χ0v) is 8.69. The lowest BCUT2D eigenvalue weighted by Crippen LogP contribution is -2.22. The van der Waals surface area contributed by atoms with E-state index in [1.54, 1.807) is 18.0 Å². The number of H-pyrrole nitrogens is 1. The molecule has 1 atom stereocenters. The van der Waals surface area contributed by atoms with Crippen molar-refractivity contribution in [3.63, 3.8) is 0 Å². The van der Waals surface area contributed by atoms with Crippen LogP contribution in [0.25, 0.3) is 0 Å². The second kappa shape index (κ2) is 3.88. The number of rotatable bonds is 2. The third-order valence-electron chi connectivity index (χ3n) is 2.93. The van der Waals surface area contributed by atoms with E-state index in [0.717, 1.165) is 31.4 Å². The Morgan fingerprint density at radius 1 is 1.60 bits per heavy atom. The molecule has 1 aromatic heterocycles. The third kappa shape index (κ3) is 1.79. The largest absolute Gasteiger partial charge is 0.338 e. The lowest BCUT2D eigenvalue weighted by atomic mass is 10.1. The fourth-order valence-corrected chi connectivity index (χ4v) is 2.09. The summed E-state index contributed by atoms with van der Waals surface area (Å²) in [6, 6.07) is 2.00. The monoisotopic (exact) mass is 206 g/mol. The van der Waals surface area contributed by atoms with Crippen molar-refractivity contribution in [2.75, 3.05) is 6.54 Å². The van der Waals surface area contributed by atoms with E-state index in [0.29, 0.717) is 5.56 Å².